The summed E-state index contributed by atoms with van der Waals surface area (Å²) < 4.78 is 0. The van der Waals surface area contributed by atoms with E-state index in [1.807, 2.05) is 0 Å². The molecule has 48 heavy (non-hydrogen) atoms. The van der Waals surface area contributed by atoms with Crippen LogP contribution in [0.15, 0.2) is 200 Å². The van der Waals surface area contributed by atoms with Gasteiger partial charge in [0.15, 0.2) is 0 Å². The zero-order valence-electron chi connectivity index (χ0n) is 26.5. The molecule has 8 aromatic rings. The van der Waals surface area contributed by atoms with Crippen LogP contribution in [0, 0.1) is 0 Å². The van der Waals surface area contributed by atoms with Crippen LogP contribution >= 0.6 is 0 Å². The highest BCUT2D eigenvalue weighted by atomic mass is 15.1. The largest absolute Gasteiger partial charge is 0.309 e. The van der Waals surface area contributed by atoms with Crippen LogP contribution in [0.5, 0.6) is 0 Å². The molecule has 1 heteroatoms. The number of nitrogens with zero attached hydrogens (tertiary/aromatic N) is 1. The van der Waals surface area contributed by atoms with Crippen LogP contribution in [-0.2, 0) is 5.41 Å². The van der Waals surface area contributed by atoms with Gasteiger partial charge in [0.25, 0.3) is 0 Å². The van der Waals surface area contributed by atoms with Crippen LogP contribution in [0.3, 0.4) is 0 Å². The average molecular weight is 612 g/mol. The highest BCUT2D eigenvalue weighted by molar-refractivity contribution is 6.01. The van der Waals surface area contributed by atoms with Gasteiger partial charge in [-0.3, -0.25) is 0 Å². The predicted molar refractivity (Wildman–Crippen MR) is 201 cm³/mol. The molecule has 1 aliphatic carbocycles. The molecule has 1 aliphatic rings. The molecule has 0 spiro atoms. The van der Waals surface area contributed by atoms with Crippen molar-refractivity contribution in [2.75, 3.05) is 4.90 Å². The number of fused-ring (bicyclic) bond motifs is 4. The summed E-state index contributed by atoms with van der Waals surface area (Å²) in [4.78, 5) is 2.50. The minimum Gasteiger partial charge on any atom is -0.309 e. The minimum atomic E-state index is -0.540. The first-order valence-corrected chi connectivity index (χ1v) is 16.6. The Bertz CT molecular complexity index is 2340. The third-order valence-electron chi connectivity index (χ3n) is 9.90. The summed E-state index contributed by atoms with van der Waals surface area (Å²) in [5.41, 5.74) is 12.9. The van der Waals surface area contributed by atoms with Gasteiger partial charge in [0.05, 0.1) is 16.8 Å². The molecule has 0 radical (unpaired) electrons. The molecule has 9 rings (SSSR count). The molecule has 0 bridgehead atoms. The molecule has 0 saturated carbocycles. The Hall–Kier alpha value is -6.18. The Morgan fingerprint density at radius 3 is 1.54 bits per heavy atom. The maximum Gasteiger partial charge on any atom is 0.0734 e. The van der Waals surface area contributed by atoms with Gasteiger partial charge in [0.1, 0.15) is 0 Å². The van der Waals surface area contributed by atoms with Crippen LogP contribution in [0.2, 0.25) is 0 Å². The van der Waals surface area contributed by atoms with Crippen molar-refractivity contribution in [1.82, 2.24) is 0 Å². The lowest BCUT2D eigenvalue weighted by atomic mass is 9.67. The van der Waals surface area contributed by atoms with E-state index in [-0.39, 0.29) is 0 Å². The fourth-order valence-corrected chi connectivity index (χ4v) is 7.91. The summed E-state index contributed by atoms with van der Waals surface area (Å²) in [5, 5.41) is 2.43. The second kappa shape index (κ2) is 11.6. The highest BCUT2D eigenvalue weighted by Crippen LogP contribution is 2.60. The monoisotopic (exact) mass is 611 g/mol. The van der Waals surface area contributed by atoms with Gasteiger partial charge in [-0.15, -0.1) is 0 Å². The van der Waals surface area contributed by atoms with Crippen molar-refractivity contribution in [2.24, 2.45) is 0 Å². The van der Waals surface area contributed by atoms with Gasteiger partial charge in [-0.25, -0.2) is 0 Å². The molecule has 0 fully saturated rings. The van der Waals surface area contributed by atoms with E-state index in [9.17, 15) is 0 Å². The average Bonchev–Trinajstić information content (AvgIpc) is 3.48. The van der Waals surface area contributed by atoms with Crippen molar-refractivity contribution >= 4 is 27.8 Å². The van der Waals surface area contributed by atoms with Crippen LogP contribution < -0.4 is 4.90 Å². The van der Waals surface area contributed by atoms with Crippen LogP contribution in [-0.4, -0.2) is 0 Å². The van der Waals surface area contributed by atoms with E-state index in [0.717, 1.165) is 17.1 Å². The Morgan fingerprint density at radius 2 is 0.875 bits per heavy atom. The molecular formula is C47H33N. The van der Waals surface area contributed by atoms with Crippen molar-refractivity contribution in [3.63, 3.8) is 0 Å². The van der Waals surface area contributed by atoms with Crippen molar-refractivity contribution < 1.29 is 0 Å². The van der Waals surface area contributed by atoms with E-state index in [4.69, 9.17) is 0 Å². The van der Waals surface area contributed by atoms with Gasteiger partial charge in [-0.05, 0) is 74.5 Å². The summed E-state index contributed by atoms with van der Waals surface area (Å²) in [5.74, 6) is 0. The molecule has 0 unspecified atom stereocenters. The van der Waals surface area contributed by atoms with Gasteiger partial charge in [-0.1, -0.05) is 170 Å². The second-order valence-corrected chi connectivity index (χ2v) is 12.5. The standard InChI is InChI=1S/C47H33N/c1-5-18-34(19-6-1)42-32-35-20-13-14-21-36(35)33-45(42)48(39-26-11-4-12-27-39)44-31-17-29-41-40-28-15-16-30-43(40)47(46(41)44,37-22-7-2-8-23-37)38-24-9-3-10-25-38/h1-33H. The first kappa shape index (κ1) is 28.1. The second-order valence-electron chi connectivity index (χ2n) is 12.5. The van der Waals surface area contributed by atoms with E-state index >= 15 is 0 Å². The van der Waals surface area contributed by atoms with E-state index in [1.54, 1.807) is 0 Å². The molecule has 0 heterocycles. The zero-order chi connectivity index (χ0) is 31.9. The highest BCUT2D eigenvalue weighted by Gasteiger charge is 2.48. The molecule has 0 atom stereocenters. The Labute approximate surface area is 282 Å². The quantitative estimate of drug-likeness (QED) is 0.181. The zero-order valence-corrected chi connectivity index (χ0v) is 26.5. The molecule has 8 aromatic carbocycles. The lowest BCUT2D eigenvalue weighted by Gasteiger charge is -2.38. The fourth-order valence-electron chi connectivity index (χ4n) is 7.91. The van der Waals surface area contributed by atoms with Gasteiger partial charge >= 0.3 is 0 Å². The van der Waals surface area contributed by atoms with E-state index in [2.05, 4.69) is 205 Å². The molecule has 0 saturated heterocycles. The summed E-state index contributed by atoms with van der Waals surface area (Å²) in [7, 11) is 0. The summed E-state index contributed by atoms with van der Waals surface area (Å²) in [6.45, 7) is 0. The van der Waals surface area contributed by atoms with Gasteiger partial charge in [0, 0.05) is 16.8 Å². The van der Waals surface area contributed by atoms with Gasteiger partial charge in [0.2, 0.25) is 0 Å². The molecule has 0 amide bonds. The molecular weight excluding hydrogens is 579 g/mol. The molecule has 226 valence electrons. The Kier molecular flexibility index (Phi) is 6.76. The van der Waals surface area contributed by atoms with Crippen LogP contribution in [0.1, 0.15) is 22.3 Å². The third kappa shape index (κ3) is 4.32. The van der Waals surface area contributed by atoms with E-state index in [1.165, 1.54) is 55.3 Å². The van der Waals surface area contributed by atoms with E-state index < -0.39 is 5.41 Å². The van der Waals surface area contributed by atoms with Crippen LogP contribution in [0.25, 0.3) is 33.0 Å². The minimum absolute atomic E-state index is 0.540. The van der Waals surface area contributed by atoms with Gasteiger partial charge in [-0.2, -0.15) is 0 Å². The maximum absolute atomic E-state index is 2.50. The van der Waals surface area contributed by atoms with E-state index in [0.29, 0.717) is 0 Å². The van der Waals surface area contributed by atoms with Crippen molar-refractivity contribution in [2.45, 2.75) is 5.41 Å². The fraction of sp³-hybridized carbons (Fsp3) is 0.0213. The molecule has 0 aromatic heterocycles. The lowest BCUT2D eigenvalue weighted by molar-refractivity contribution is 0.768. The number of anilines is 3. The van der Waals surface area contributed by atoms with Crippen molar-refractivity contribution in [3.05, 3.63) is 222 Å². The van der Waals surface area contributed by atoms with Gasteiger partial charge < -0.3 is 4.90 Å². The topological polar surface area (TPSA) is 3.24 Å². The smallest absolute Gasteiger partial charge is 0.0734 e. The first-order valence-electron chi connectivity index (χ1n) is 16.6. The molecule has 0 aliphatic heterocycles. The number of benzene rings is 8. The Morgan fingerprint density at radius 1 is 0.354 bits per heavy atom. The normalized spacial score (nSPS) is 12.8. The van der Waals surface area contributed by atoms with Crippen molar-refractivity contribution in [3.8, 4) is 22.3 Å². The van der Waals surface area contributed by atoms with Crippen LogP contribution in [0.4, 0.5) is 17.1 Å². The third-order valence-corrected chi connectivity index (χ3v) is 9.90. The summed E-state index contributed by atoms with van der Waals surface area (Å²) in [6.07, 6.45) is 0. The SMILES string of the molecule is c1ccc(-c2cc3ccccc3cc2N(c2ccccc2)c2cccc3c2C(c2ccccc2)(c2ccccc2)c2ccccc2-3)cc1. The predicted octanol–water partition coefficient (Wildman–Crippen LogP) is 12.3. The first-order chi connectivity index (χ1) is 23.8. The summed E-state index contributed by atoms with van der Waals surface area (Å²) >= 11 is 0. The maximum atomic E-state index is 2.50. The van der Waals surface area contributed by atoms with Crippen molar-refractivity contribution in [1.29, 1.82) is 0 Å². The molecule has 0 N–H and O–H groups in total. The Balaban J connectivity index is 1.44. The molecule has 1 nitrogen and oxygen atoms in total. The number of hydrogen-bond acceptors (Lipinski definition) is 1. The number of para-hydroxylation sites is 1. The number of hydrogen-bond donors (Lipinski definition) is 0. The number of rotatable bonds is 6. The lowest BCUT2D eigenvalue weighted by Crippen LogP contribution is -2.30. The summed E-state index contributed by atoms with van der Waals surface area (Å²) in [6, 6.07) is 73.1.